The lowest BCUT2D eigenvalue weighted by molar-refractivity contribution is 0.634. The lowest BCUT2D eigenvalue weighted by Crippen LogP contribution is -2.05. The molecule has 0 aliphatic heterocycles. The Morgan fingerprint density at radius 1 is 1.20 bits per heavy atom. The minimum atomic E-state index is 0.583. The normalized spacial score (nSPS) is 11.7. The molecule has 0 aliphatic rings. The molecule has 2 rings (SSSR count). The molecule has 1 aromatic heterocycles. The van der Waals surface area contributed by atoms with Gasteiger partial charge in [0.1, 0.15) is 0 Å². The fourth-order valence-electron chi connectivity index (χ4n) is 2.68. The molecule has 106 valence electrons. The summed E-state index contributed by atoms with van der Waals surface area (Å²) in [4.78, 5) is 0. The maximum atomic E-state index is 4.57. The predicted octanol–water partition coefficient (Wildman–Crippen LogP) is 5.12. The van der Waals surface area contributed by atoms with E-state index in [4.69, 9.17) is 0 Å². The largest absolute Gasteiger partial charge is 0.240 e. The van der Waals surface area contributed by atoms with Crippen molar-refractivity contribution in [1.29, 1.82) is 0 Å². The summed E-state index contributed by atoms with van der Waals surface area (Å²) < 4.78 is 2.00. The first-order valence-electron chi connectivity index (χ1n) is 7.48. The first-order valence-corrected chi connectivity index (χ1v) is 7.48. The van der Waals surface area contributed by atoms with Crippen LogP contribution in [0.4, 0.5) is 0 Å². The number of nitrogens with zero attached hydrogens (tertiary/aromatic N) is 2. The van der Waals surface area contributed by atoms with Crippen molar-refractivity contribution in [2.45, 2.75) is 46.5 Å². The number of aromatic nitrogens is 2. The van der Waals surface area contributed by atoms with Crippen LogP contribution in [0.25, 0.3) is 11.8 Å². The van der Waals surface area contributed by atoms with Crippen LogP contribution >= 0.6 is 0 Å². The van der Waals surface area contributed by atoms with E-state index in [-0.39, 0.29) is 0 Å². The Morgan fingerprint density at radius 2 is 1.95 bits per heavy atom. The summed E-state index contributed by atoms with van der Waals surface area (Å²) >= 11 is 0. The zero-order valence-corrected chi connectivity index (χ0v) is 12.9. The van der Waals surface area contributed by atoms with Crippen LogP contribution in [0.5, 0.6) is 0 Å². The first kappa shape index (κ1) is 14.6. The molecule has 0 unspecified atom stereocenters. The van der Waals surface area contributed by atoms with Crippen LogP contribution < -0.4 is 0 Å². The van der Waals surface area contributed by atoms with Crippen molar-refractivity contribution in [1.82, 2.24) is 9.78 Å². The van der Waals surface area contributed by atoms with Gasteiger partial charge in [0.25, 0.3) is 0 Å². The number of rotatable bonds is 5. The van der Waals surface area contributed by atoms with Crippen LogP contribution in [0, 0.1) is 6.92 Å². The molecule has 0 spiro atoms. The summed E-state index contributed by atoms with van der Waals surface area (Å²) in [6, 6.07) is 8.72. The van der Waals surface area contributed by atoms with Gasteiger partial charge in [0, 0.05) is 6.20 Å². The average molecular weight is 268 g/mol. The van der Waals surface area contributed by atoms with Gasteiger partial charge in [-0.05, 0) is 61.9 Å². The summed E-state index contributed by atoms with van der Waals surface area (Å²) in [7, 11) is 0. The molecule has 0 fully saturated rings. The van der Waals surface area contributed by atoms with Crippen LogP contribution in [-0.2, 0) is 0 Å². The van der Waals surface area contributed by atoms with Crippen LogP contribution in [0.3, 0.4) is 0 Å². The van der Waals surface area contributed by atoms with Crippen molar-refractivity contribution in [3.63, 3.8) is 0 Å². The van der Waals surface area contributed by atoms with Gasteiger partial charge in [-0.25, -0.2) is 4.68 Å². The monoisotopic (exact) mass is 268 g/mol. The number of hydrogen-bond acceptors (Lipinski definition) is 1. The van der Waals surface area contributed by atoms with Crippen molar-refractivity contribution in [3.05, 3.63) is 53.4 Å². The van der Waals surface area contributed by atoms with Gasteiger partial charge in [-0.15, -0.1) is 0 Å². The highest BCUT2D eigenvalue weighted by Gasteiger charge is 2.14. The molecule has 2 heteroatoms. The molecule has 0 atom stereocenters. The maximum Gasteiger partial charge on any atom is 0.0680 e. The highest BCUT2D eigenvalue weighted by atomic mass is 15.3. The molecular weight excluding hydrogens is 244 g/mol. The summed E-state index contributed by atoms with van der Waals surface area (Å²) in [6.45, 7) is 8.60. The fraction of sp³-hybridized carbons (Fsp3) is 0.389. The van der Waals surface area contributed by atoms with Gasteiger partial charge in [0.2, 0.25) is 0 Å². The van der Waals surface area contributed by atoms with Gasteiger partial charge >= 0.3 is 0 Å². The zero-order valence-electron chi connectivity index (χ0n) is 12.9. The van der Waals surface area contributed by atoms with Gasteiger partial charge < -0.3 is 0 Å². The van der Waals surface area contributed by atoms with E-state index in [0.29, 0.717) is 5.92 Å². The number of allylic oxidation sites excluding steroid dienone is 1. The van der Waals surface area contributed by atoms with Crippen LogP contribution in [0.2, 0.25) is 0 Å². The van der Waals surface area contributed by atoms with Crippen molar-refractivity contribution < 1.29 is 0 Å². The second-order valence-corrected chi connectivity index (χ2v) is 5.23. The molecule has 0 aliphatic carbocycles. The fourth-order valence-corrected chi connectivity index (χ4v) is 2.68. The SMILES string of the molecule is C/C=C/c1ccc(-n2ccc(C)n2)c(C(CC)CC)c1. The Bertz CT molecular complexity index is 589. The Balaban J connectivity index is 2.55. The van der Waals surface area contributed by atoms with E-state index in [1.54, 1.807) is 0 Å². The molecule has 20 heavy (non-hydrogen) atoms. The molecule has 1 heterocycles. The smallest absolute Gasteiger partial charge is 0.0680 e. The van der Waals surface area contributed by atoms with E-state index in [9.17, 15) is 0 Å². The highest BCUT2D eigenvalue weighted by Crippen LogP contribution is 2.30. The van der Waals surface area contributed by atoms with E-state index >= 15 is 0 Å². The lowest BCUT2D eigenvalue weighted by atomic mass is 9.91. The molecule has 1 aromatic carbocycles. The molecule has 0 bridgehead atoms. The second kappa shape index (κ2) is 6.56. The van der Waals surface area contributed by atoms with Crippen LogP contribution in [0.1, 0.15) is 56.4 Å². The number of hydrogen-bond donors (Lipinski definition) is 0. The summed E-state index contributed by atoms with van der Waals surface area (Å²) in [5.74, 6) is 0.583. The standard InChI is InChI=1S/C18H24N2/c1-5-8-15-9-10-18(20-12-11-14(4)19-20)17(13-15)16(6-2)7-3/h5,8-13,16H,6-7H2,1-4H3/b8-5+. The van der Waals surface area contributed by atoms with Gasteiger partial charge in [0.15, 0.2) is 0 Å². The maximum absolute atomic E-state index is 4.57. The third-order valence-corrected chi connectivity index (χ3v) is 3.81. The van der Waals surface area contributed by atoms with E-state index in [1.165, 1.54) is 16.8 Å². The van der Waals surface area contributed by atoms with Crippen LogP contribution in [0.15, 0.2) is 36.5 Å². The topological polar surface area (TPSA) is 17.8 Å². The van der Waals surface area contributed by atoms with Crippen molar-refractivity contribution in [3.8, 4) is 5.69 Å². The second-order valence-electron chi connectivity index (χ2n) is 5.23. The van der Waals surface area contributed by atoms with Crippen LogP contribution in [-0.4, -0.2) is 9.78 Å². The quantitative estimate of drug-likeness (QED) is 0.736. The minimum absolute atomic E-state index is 0.583. The molecular formula is C18H24N2. The zero-order chi connectivity index (χ0) is 14.5. The Labute approximate surface area is 122 Å². The Morgan fingerprint density at radius 3 is 2.50 bits per heavy atom. The highest BCUT2D eigenvalue weighted by molar-refractivity contribution is 5.56. The Kier molecular flexibility index (Phi) is 4.78. The van der Waals surface area contributed by atoms with Gasteiger partial charge in [-0.2, -0.15) is 5.10 Å². The summed E-state index contributed by atoms with van der Waals surface area (Å²) in [6.07, 6.45) is 8.60. The number of benzene rings is 1. The van der Waals surface area contributed by atoms with E-state index in [0.717, 1.165) is 18.5 Å². The van der Waals surface area contributed by atoms with E-state index in [1.807, 2.05) is 17.8 Å². The molecule has 2 aromatic rings. The molecule has 0 saturated carbocycles. The van der Waals surface area contributed by atoms with Crippen molar-refractivity contribution in [2.75, 3.05) is 0 Å². The third-order valence-electron chi connectivity index (χ3n) is 3.81. The van der Waals surface area contributed by atoms with Gasteiger partial charge in [-0.1, -0.05) is 32.1 Å². The van der Waals surface area contributed by atoms with E-state index in [2.05, 4.69) is 62.3 Å². The minimum Gasteiger partial charge on any atom is -0.240 e. The molecule has 0 saturated heterocycles. The van der Waals surface area contributed by atoms with Crippen molar-refractivity contribution in [2.24, 2.45) is 0 Å². The Hall–Kier alpha value is -1.83. The van der Waals surface area contributed by atoms with Crippen molar-refractivity contribution >= 4 is 6.08 Å². The summed E-state index contributed by atoms with van der Waals surface area (Å²) in [5.41, 5.74) is 4.92. The molecule has 0 radical (unpaired) electrons. The average Bonchev–Trinajstić information content (AvgIpc) is 2.87. The predicted molar refractivity (Wildman–Crippen MR) is 86.3 cm³/mol. The molecule has 0 amide bonds. The van der Waals surface area contributed by atoms with Gasteiger partial charge in [0.05, 0.1) is 11.4 Å². The summed E-state index contributed by atoms with van der Waals surface area (Å²) in [5, 5.41) is 4.57. The third kappa shape index (κ3) is 3.01. The van der Waals surface area contributed by atoms with E-state index < -0.39 is 0 Å². The number of aryl methyl sites for hydroxylation is 1. The molecule has 0 N–H and O–H groups in total. The lowest BCUT2D eigenvalue weighted by Gasteiger charge is -2.18. The molecule has 2 nitrogen and oxygen atoms in total. The van der Waals surface area contributed by atoms with Gasteiger partial charge in [-0.3, -0.25) is 0 Å². The first-order chi connectivity index (χ1) is 9.69.